The number of carbonyl (C=O) groups is 1. The number of amides is 1. The zero-order valence-electron chi connectivity index (χ0n) is 16.7. The highest BCUT2D eigenvalue weighted by Gasteiger charge is 2.31. The molecule has 0 spiro atoms. The summed E-state index contributed by atoms with van der Waals surface area (Å²) in [7, 11) is 0. The van der Waals surface area contributed by atoms with Crippen molar-refractivity contribution >= 4 is 23.0 Å². The fourth-order valence-electron chi connectivity index (χ4n) is 3.22. The van der Waals surface area contributed by atoms with Gasteiger partial charge in [0.2, 0.25) is 0 Å². The van der Waals surface area contributed by atoms with Crippen LogP contribution < -0.4 is 10.1 Å². The molecule has 1 N–H and O–H groups in total. The van der Waals surface area contributed by atoms with Gasteiger partial charge in [0.1, 0.15) is 5.75 Å². The Hall–Kier alpha value is -3.59. The van der Waals surface area contributed by atoms with Crippen molar-refractivity contribution in [1.82, 2.24) is 19.9 Å². The van der Waals surface area contributed by atoms with E-state index in [0.717, 1.165) is 5.56 Å². The summed E-state index contributed by atoms with van der Waals surface area (Å²) in [5.74, 6) is -0.589. The first-order valence-corrected chi connectivity index (χ1v) is 9.81. The van der Waals surface area contributed by atoms with E-state index >= 15 is 0 Å². The van der Waals surface area contributed by atoms with Crippen LogP contribution in [-0.4, -0.2) is 26.9 Å². The number of pyridine rings is 2. The van der Waals surface area contributed by atoms with Gasteiger partial charge in [-0.15, -0.1) is 13.2 Å². The second-order valence-corrected chi connectivity index (χ2v) is 7.38. The fraction of sp³-hybridized carbons (Fsp3) is 0.136. The summed E-state index contributed by atoms with van der Waals surface area (Å²) in [6.45, 7) is 1.99. The molecule has 0 unspecified atom stereocenters. The van der Waals surface area contributed by atoms with Crippen LogP contribution in [0.25, 0.3) is 16.8 Å². The first kappa shape index (κ1) is 21.6. The molecule has 0 fully saturated rings. The van der Waals surface area contributed by atoms with E-state index in [1.165, 1.54) is 24.3 Å². The van der Waals surface area contributed by atoms with Crippen LogP contribution in [0.3, 0.4) is 0 Å². The monoisotopic (exact) mass is 460 g/mol. The molecule has 4 rings (SSSR count). The third-order valence-corrected chi connectivity index (χ3v) is 4.90. The number of halogens is 4. The van der Waals surface area contributed by atoms with Crippen molar-refractivity contribution in [3.63, 3.8) is 0 Å². The molecule has 4 aromatic rings. The molecule has 10 heteroatoms. The molecule has 3 aromatic heterocycles. The van der Waals surface area contributed by atoms with E-state index in [2.05, 4.69) is 20.1 Å². The molecule has 164 valence electrons. The summed E-state index contributed by atoms with van der Waals surface area (Å²) in [6.07, 6.45) is -1.46. The Balaban J connectivity index is 1.43. The molecule has 0 saturated heterocycles. The lowest BCUT2D eigenvalue weighted by atomic mass is 10.1. The van der Waals surface area contributed by atoms with Crippen molar-refractivity contribution in [2.24, 2.45) is 0 Å². The maximum Gasteiger partial charge on any atom is 0.573 e. The summed E-state index contributed by atoms with van der Waals surface area (Å²) < 4.78 is 42.3. The predicted octanol–water partition coefficient (Wildman–Crippen LogP) is 5.19. The van der Waals surface area contributed by atoms with Crippen molar-refractivity contribution < 1.29 is 22.7 Å². The third-order valence-electron chi connectivity index (χ3n) is 4.66. The highest BCUT2D eigenvalue weighted by Crippen LogP contribution is 2.26. The van der Waals surface area contributed by atoms with Gasteiger partial charge in [-0.3, -0.25) is 9.78 Å². The number of aryl methyl sites for hydroxylation is 1. The van der Waals surface area contributed by atoms with E-state index in [0.29, 0.717) is 33.1 Å². The van der Waals surface area contributed by atoms with Gasteiger partial charge in [-0.25, -0.2) is 4.52 Å². The minimum absolute atomic E-state index is 0.238. The van der Waals surface area contributed by atoms with Crippen LogP contribution in [0, 0.1) is 6.92 Å². The average Bonchev–Trinajstić information content (AvgIpc) is 3.07. The average molecular weight is 461 g/mol. The zero-order valence-corrected chi connectivity index (χ0v) is 17.4. The van der Waals surface area contributed by atoms with Crippen LogP contribution in [0.15, 0.2) is 60.9 Å². The molecule has 6 nitrogen and oxygen atoms in total. The molecule has 0 bridgehead atoms. The number of alkyl halides is 3. The van der Waals surface area contributed by atoms with E-state index in [9.17, 15) is 18.0 Å². The molecule has 3 heterocycles. The number of aromatic nitrogens is 3. The summed E-state index contributed by atoms with van der Waals surface area (Å²) >= 11 is 6.04. The van der Waals surface area contributed by atoms with Crippen LogP contribution >= 0.6 is 11.6 Å². The molecule has 1 amide bonds. The third kappa shape index (κ3) is 4.83. The van der Waals surface area contributed by atoms with Crippen molar-refractivity contribution in [1.29, 1.82) is 0 Å². The molecule has 0 aliphatic carbocycles. The summed E-state index contributed by atoms with van der Waals surface area (Å²) in [4.78, 5) is 17.0. The number of carbonyl (C=O) groups excluding carboxylic acids is 1. The second kappa shape index (κ2) is 8.51. The second-order valence-electron chi connectivity index (χ2n) is 6.94. The lowest BCUT2D eigenvalue weighted by Gasteiger charge is -2.09. The smallest absolute Gasteiger partial charge is 0.406 e. The van der Waals surface area contributed by atoms with Gasteiger partial charge in [0.15, 0.2) is 0 Å². The van der Waals surface area contributed by atoms with E-state index in [1.807, 2.05) is 0 Å². The fourth-order valence-corrected chi connectivity index (χ4v) is 3.38. The van der Waals surface area contributed by atoms with Gasteiger partial charge in [0.05, 0.1) is 22.5 Å². The van der Waals surface area contributed by atoms with Crippen LogP contribution in [0.2, 0.25) is 5.02 Å². The molecular weight excluding hydrogens is 445 g/mol. The Kier molecular flexibility index (Phi) is 5.75. The number of hydrogen-bond donors (Lipinski definition) is 1. The molecule has 1 aromatic carbocycles. The van der Waals surface area contributed by atoms with Gasteiger partial charge in [0, 0.05) is 29.5 Å². The maximum absolute atomic E-state index is 12.7. The van der Waals surface area contributed by atoms with Crippen LogP contribution in [0.5, 0.6) is 5.75 Å². The van der Waals surface area contributed by atoms with Gasteiger partial charge in [-0.2, -0.15) is 5.10 Å². The molecule has 0 radical (unpaired) electrons. The zero-order chi connectivity index (χ0) is 22.9. The van der Waals surface area contributed by atoms with Crippen molar-refractivity contribution in [2.45, 2.75) is 19.8 Å². The van der Waals surface area contributed by atoms with Crippen molar-refractivity contribution in [2.75, 3.05) is 0 Å². The van der Waals surface area contributed by atoms with Crippen LogP contribution in [-0.2, 0) is 6.54 Å². The topological polar surface area (TPSA) is 68.5 Å². The Labute approximate surface area is 185 Å². The van der Waals surface area contributed by atoms with Crippen LogP contribution in [0.4, 0.5) is 13.2 Å². The predicted molar refractivity (Wildman–Crippen MR) is 112 cm³/mol. The standard InChI is InChI=1S/C22H16ClF3N4O2/c1-13-20(19-10-16(23)8-9-30(19)29-13)21(31)28-12-14-2-7-18(27-11-14)15-3-5-17(6-4-15)32-22(24,25)26/h2-11H,12H2,1H3,(H,28,31). The number of hydrogen-bond acceptors (Lipinski definition) is 4. The van der Waals surface area contributed by atoms with E-state index in [1.54, 1.807) is 48.1 Å². The van der Waals surface area contributed by atoms with Gasteiger partial charge in [-0.05, 0) is 55.0 Å². The summed E-state index contributed by atoms with van der Waals surface area (Å²) in [5.41, 5.74) is 3.60. The van der Waals surface area contributed by atoms with Gasteiger partial charge in [0.25, 0.3) is 5.91 Å². The minimum atomic E-state index is -4.74. The molecule has 0 saturated carbocycles. The van der Waals surface area contributed by atoms with E-state index in [4.69, 9.17) is 11.6 Å². The lowest BCUT2D eigenvalue weighted by Crippen LogP contribution is -2.23. The molecule has 0 aliphatic heterocycles. The van der Waals surface area contributed by atoms with Crippen molar-refractivity contribution in [3.8, 4) is 17.0 Å². The first-order chi connectivity index (χ1) is 15.2. The largest absolute Gasteiger partial charge is 0.573 e. The summed E-state index contributed by atoms with van der Waals surface area (Å²) in [6, 6.07) is 12.3. The number of nitrogens with one attached hydrogen (secondary N) is 1. The highest BCUT2D eigenvalue weighted by molar-refractivity contribution is 6.31. The lowest BCUT2D eigenvalue weighted by molar-refractivity contribution is -0.274. The molecule has 32 heavy (non-hydrogen) atoms. The van der Waals surface area contributed by atoms with Gasteiger partial charge >= 0.3 is 6.36 Å². The Morgan fingerprint density at radius 3 is 2.56 bits per heavy atom. The van der Waals surface area contributed by atoms with Gasteiger partial charge < -0.3 is 10.1 Å². The van der Waals surface area contributed by atoms with Crippen LogP contribution in [0.1, 0.15) is 21.6 Å². The number of benzene rings is 1. The summed E-state index contributed by atoms with van der Waals surface area (Å²) in [5, 5.41) is 7.66. The normalized spacial score (nSPS) is 11.5. The quantitative estimate of drug-likeness (QED) is 0.445. The number of fused-ring (bicyclic) bond motifs is 1. The first-order valence-electron chi connectivity index (χ1n) is 9.43. The maximum atomic E-state index is 12.7. The number of ether oxygens (including phenoxy) is 1. The molecule has 0 aliphatic rings. The Bertz CT molecular complexity index is 1270. The minimum Gasteiger partial charge on any atom is -0.406 e. The molecule has 0 atom stereocenters. The van der Waals surface area contributed by atoms with Crippen molar-refractivity contribution in [3.05, 3.63) is 82.8 Å². The Morgan fingerprint density at radius 1 is 1.16 bits per heavy atom. The number of rotatable bonds is 5. The van der Waals surface area contributed by atoms with E-state index in [-0.39, 0.29) is 18.2 Å². The number of nitrogens with zero attached hydrogens (tertiary/aromatic N) is 3. The van der Waals surface area contributed by atoms with E-state index < -0.39 is 6.36 Å². The Morgan fingerprint density at radius 2 is 1.91 bits per heavy atom. The highest BCUT2D eigenvalue weighted by atomic mass is 35.5. The SMILES string of the molecule is Cc1nn2ccc(Cl)cc2c1C(=O)NCc1ccc(-c2ccc(OC(F)(F)F)cc2)nc1. The molecular formula is C22H16ClF3N4O2. The van der Waals surface area contributed by atoms with Gasteiger partial charge in [-0.1, -0.05) is 17.7 Å².